The van der Waals surface area contributed by atoms with Gasteiger partial charge in [0.15, 0.2) is 0 Å². The van der Waals surface area contributed by atoms with Crippen molar-refractivity contribution < 1.29 is 0 Å². The van der Waals surface area contributed by atoms with E-state index in [1.54, 1.807) is 0 Å². The molecule has 0 bridgehead atoms. The molecule has 6 nitrogen and oxygen atoms in total. The van der Waals surface area contributed by atoms with Crippen LogP contribution in [0, 0.1) is 0 Å². The number of aryl methyl sites for hydroxylation is 2. The molecule has 0 N–H and O–H groups in total. The van der Waals surface area contributed by atoms with Crippen LogP contribution in [-0.2, 0) is 14.1 Å². The molecule has 0 fully saturated rings. The van der Waals surface area contributed by atoms with Crippen LogP contribution in [0.1, 0.15) is 5.56 Å². The molecule has 28 heavy (non-hydrogen) atoms. The van der Waals surface area contributed by atoms with Gasteiger partial charge in [0.2, 0.25) is 0 Å². The highest BCUT2D eigenvalue weighted by Crippen LogP contribution is 2.31. The highest BCUT2D eigenvalue weighted by atomic mass is 28.2. The van der Waals surface area contributed by atoms with Crippen molar-refractivity contribution in [3.05, 3.63) is 61.1 Å². The van der Waals surface area contributed by atoms with Gasteiger partial charge in [0.05, 0.1) is 27.2 Å². The molecule has 4 rings (SSSR count). The molecule has 0 atom stereocenters. The molecule has 0 saturated carbocycles. The third kappa shape index (κ3) is 3.09. The molecule has 0 aliphatic carbocycles. The molecular weight excluding hydrogens is 364 g/mol. The summed E-state index contributed by atoms with van der Waals surface area (Å²) in [5.41, 5.74) is 6.88. The number of pyridine rings is 1. The average Bonchev–Trinajstić information content (AvgIpc) is 3.30. The Labute approximate surface area is 166 Å². The van der Waals surface area contributed by atoms with Crippen molar-refractivity contribution in [3.63, 3.8) is 0 Å². The van der Waals surface area contributed by atoms with Crippen LogP contribution in [-0.4, -0.2) is 39.0 Å². The van der Waals surface area contributed by atoms with Gasteiger partial charge in [-0.3, -0.25) is 9.67 Å². The van der Waals surface area contributed by atoms with Crippen LogP contribution in [0.2, 0.25) is 6.55 Å². The summed E-state index contributed by atoms with van der Waals surface area (Å²) in [6.45, 7) is 6.07. The second-order valence-electron chi connectivity index (χ2n) is 6.67. The Morgan fingerprint density at radius 3 is 2.50 bits per heavy atom. The summed E-state index contributed by atoms with van der Waals surface area (Å²) in [4.78, 5) is 9.23. The topological polar surface area (TPSA) is 61.4 Å². The number of imidazole rings is 1. The van der Waals surface area contributed by atoms with Crippen molar-refractivity contribution >= 4 is 20.9 Å². The fourth-order valence-electron chi connectivity index (χ4n) is 3.44. The molecule has 0 saturated heterocycles. The van der Waals surface area contributed by atoms with E-state index in [0.717, 1.165) is 39.5 Å². The first-order valence-corrected chi connectivity index (χ1v) is 11.3. The highest BCUT2D eigenvalue weighted by Gasteiger charge is 2.17. The predicted molar refractivity (Wildman–Crippen MR) is 116 cm³/mol. The zero-order valence-electron chi connectivity index (χ0n) is 16.3. The Kier molecular flexibility index (Phi) is 4.75. The van der Waals surface area contributed by atoms with E-state index in [9.17, 15) is 0 Å². The fourth-order valence-corrected chi connectivity index (χ4v) is 4.57. The van der Waals surface area contributed by atoms with Gasteiger partial charge in [0, 0.05) is 36.7 Å². The molecule has 0 radical (unpaired) electrons. The third-order valence-corrected chi connectivity index (χ3v) is 6.37. The van der Waals surface area contributed by atoms with Gasteiger partial charge in [-0.05, 0) is 17.7 Å². The standard InChI is InChI=1S/C21H22N6Si/c1-5-14-6-8-15(9-7-14)20-19(23-13-26(20)2)17-12-16(10-11-22-17)18-21(28-4)27(3)25-24-18/h5-13H,1,28H2,2-4H3. The zero-order valence-corrected chi connectivity index (χ0v) is 17.7. The Bertz CT molecular complexity index is 1140. The van der Waals surface area contributed by atoms with Crippen LogP contribution < -0.4 is 5.32 Å². The van der Waals surface area contributed by atoms with Gasteiger partial charge >= 0.3 is 0 Å². The summed E-state index contributed by atoms with van der Waals surface area (Å²) in [7, 11) is 3.55. The van der Waals surface area contributed by atoms with Gasteiger partial charge in [-0.2, -0.15) is 0 Å². The van der Waals surface area contributed by atoms with E-state index in [-0.39, 0.29) is 0 Å². The summed E-state index contributed by atoms with van der Waals surface area (Å²) < 4.78 is 3.91. The lowest BCUT2D eigenvalue weighted by molar-refractivity contribution is 0.729. The Hall–Kier alpha value is -3.32. The normalized spacial score (nSPS) is 11.4. The van der Waals surface area contributed by atoms with Gasteiger partial charge in [-0.1, -0.05) is 48.7 Å². The lowest BCUT2D eigenvalue weighted by Crippen LogP contribution is -2.22. The lowest BCUT2D eigenvalue weighted by Gasteiger charge is -2.08. The second-order valence-corrected chi connectivity index (χ2v) is 8.05. The van der Waals surface area contributed by atoms with Crippen LogP contribution in [0.25, 0.3) is 40.0 Å². The molecule has 3 aromatic heterocycles. The van der Waals surface area contributed by atoms with Crippen LogP contribution in [0.15, 0.2) is 55.5 Å². The van der Waals surface area contributed by atoms with E-state index < -0.39 is 9.52 Å². The minimum absolute atomic E-state index is 0.405. The third-order valence-electron chi connectivity index (χ3n) is 4.91. The largest absolute Gasteiger partial charge is 0.333 e. The zero-order chi connectivity index (χ0) is 19.7. The Morgan fingerprint density at radius 2 is 1.79 bits per heavy atom. The van der Waals surface area contributed by atoms with E-state index in [0.29, 0.717) is 0 Å². The van der Waals surface area contributed by atoms with Crippen molar-refractivity contribution in [2.45, 2.75) is 6.55 Å². The van der Waals surface area contributed by atoms with Gasteiger partial charge in [0.1, 0.15) is 11.4 Å². The molecule has 7 heteroatoms. The number of nitrogens with zero attached hydrogens (tertiary/aromatic N) is 6. The first-order valence-electron chi connectivity index (χ1n) is 9.22. The number of aromatic nitrogens is 6. The summed E-state index contributed by atoms with van der Waals surface area (Å²) in [6.07, 6.45) is 5.49. The van der Waals surface area contributed by atoms with Crippen molar-refractivity contribution in [3.8, 4) is 33.9 Å². The van der Waals surface area contributed by atoms with Gasteiger partial charge in [0.25, 0.3) is 0 Å². The predicted octanol–water partition coefficient (Wildman–Crippen LogP) is 2.43. The number of hydrogen-bond acceptors (Lipinski definition) is 4. The fraction of sp³-hybridized carbons (Fsp3) is 0.143. The summed E-state index contributed by atoms with van der Waals surface area (Å²) in [5.74, 6) is 0. The second kappa shape index (κ2) is 7.36. The minimum Gasteiger partial charge on any atom is -0.333 e. The van der Waals surface area contributed by atoms with E-state index in [1.807, 2.05) is 48.0 Å². The number of rotatable bonds is 5. The smallest absolute Gasteiger partial charge is 0.115 e. The lowest BCUT2D eigenvalue weighted by atomic mass is 10.0. The van der Waals surface area contributed by atoms with Crippen LogP contribution in [0.4, 0.5) is 0 Å². The average molecular weight is 387 g/mol. The van der Waals surface area contributed by atoms with E-state index in [4.69, 9.17) is 0 Å². The Morgan fingerprint density at radius 1 is 1.00 bits per heavy atom. The molecule has 0 unspecified atom stereocenters. The maximum atomic E-state index is 4.64. The molecule has 0 spiro atoms. The van der Waals surface area contributed by atoms with E-state index >= 15 is 0 Å². The SMILES string of the molecule is C=Cc1ccc(-c2c(-c3cc(-c4nnn(C)c4[SiH2]C)ccn3)ncn2C)cc1. The minimum atomic E-state index is -0.405. The first kappa shape index (κ1) is 18.1. The highest BCUT2D eigenvalue weighted by molar-refractivity contribution is 6.52. The van der Waals surface area contributed by atoms with E-state index in [2.05, 4.69) is 63.7 Å². The Balaban J connectivity index is 1.81. The van der Waals surface area contributed by atoms with Gasteiger partial charge in [-0.25, -0.2) is 4.98 Å². The van der Waals surface area contributed by atoms with Crippen molar-refractivity contribution in [2.24, 2.45) is 14.1 Å². The summed E-state index contributed by atoms with van der Waals surface area (Å²) >= 11 is 0. The van der Waals surface area contributed by atoms with Gasteiger partial charge in [-0.15, -0.1) is 5.10 Å². The summed E-state index contributed by atoms with van der Waals surface area (Å²) in [6, 6.07) is 12.3. The van der Waals surface area contributed by atoms with Crippen LogP contribution in [0.3, 0.4) is 0 Å². The molecular formula is C21H22N6Si. The summed E-state index contributed by atoms with van der Waals surface area (Å²) in [5, 5.41) is 9.82. The number of hydrogen-bond donors (Lipinski definition) is 0. The van der Waals surface area contributed by atoms with Crippen molar-refractivity contribution in [1.29, 1.82) is 0 Å². The molecule has 0 aliphatic rings. The number of benzene rings is 1. The maximum Gasteiger partial charge on any atom is 0.115 e. The van der Waals surface area contributed by atoms with Crippen molar-refractivity contribution in [2.75, 3.05) is 0 Å². The molecule has 0 amide bonds. The van der Waals surface area contributed by atoms with Crippen LogP contribution >= 0.6 is 0 Å². The van der Waals surface area contributed by atoms with E-state index in [1.165, 1.54) is 5.32 Å². The monoisotopic (exact) mass is 386 g/mol. The molecule has 1 aromatic carbocycles. The molecule has 0 aliphatic heterocycles. The van der Waals surface area contributed by atoms with Crippen molar-refractivity contribution in [1.82, 2.24) is 29.5 Å². The maximum absolute atomic E-state index is 4.64. The molecule has 3 heterocycles. The quantitative estimate of drug-likeness (QED) is 0.494. The first-order chi connectivity index (χ1) is 13.6. The van der Waals surface area contributed by atoms with Gasteiger partial charge < -0.3 is 4.57 Å². The molecule has 140 valence electrons. The molecule has 4 aromatic rings. The van der Waals surface area contributed by atoms with Crippen LogP contribution in [0.5, 0.6) is 0 Å².